The molecule has 2 atom stereocenters. The number of carboxylic acid groups (broad SMARTS) is 1. The second-order valence-electron chi connectivity index (χ2n) is 8.68. The van der Waals surface area contributed by atoms with Gasteiger partial charge in [0.2, 0.25) is 0 Å². The maximum absolute atomic E-state index is 12.7. The summed E-state index contributed by atoms with van der Waals surface area (Å²) >= 11 is 0. The Kier molecular flexibility index (Phi) is 5.76. The maximum atomic E-state index is 12.7. The summed E-state index contributed by atoms with van der Waals surface area (Å²) in [4.78, 5) is 24.7. The fourth-order valence-corrected chi connectivity index (χ4v) is 4.85. The van der Waals surface area contributed by atoms with Crippen LogP contribution in [0.2, 0.25) is 0 Å². The second-order valence-corrected chi connectivity index (χ2v) is 8.68. The molecule has 0 aromatic heterocycles. The first kappa shape index (κ1) is 21.7. The summed E-state index contributed by atoms with van der Waals surface area (Å²) in [5.74, 6) is -1.63. The minimum atomic E-state index is -1.11. The highest BCUT2D eigenvalue weighted by atomic mass is 16.5. The van der Waals surface area contributed by atoms with Crippen molar-refractivity contribution in [3.8, 4) is 11.1 Å². The van der Waals surface area contributed by atoms with E-state index in [-0.39, 0.29) is 12.5 Å². The normalized spacial score (nSPS) is 14.1. The first-order valence-electron chi connectivity index (χ1n) is 11.4. The van der Waals surface area contributed by atoms with Crippen LogP contribution in [0.3, 0.4) is 0 Å². The van der Waals surface area contributed by atoms with Crippen LogP contribution in [0.5, 0.6) is 0 Å². The average molecular weight is 452 g/mol. The molecule has 0 spiro atoms. The predicted molar refractivity (Wildman–Crippen MR) is 132 cm³/mol. The van der Waals surface area contributed by atoms with Gasteiger partial charge in [-0.1, -0.05) is 97.9 Å². The Morgan fingerprint density at radius 1 is 0.853 bits per heavy atom. The Labute approximate surface area is 198 Å². The molecule has 0 heterocycles. The average Bonchev–Trinajstić information content (AvgIpc) is 3.19. The molecule has 0 radical (unpaired) electrons. The third-order valence-corrected chi connectivity index (χ3v) is 6.68. The van der Waals surface area contributed by atoms with Crippen LogP contribution < -0.4 is 5.32 Å². The van der Waals surface area contributed by atoms with Gasteiger partial charge in [0.15, 0.2) is 0 Å². The summed E-state index contributed by atoms with van der Waals surface area (Å²) in [6, 6.07) is 28.8. The van der Waals surface area contributed by atoms with Gasteiger partial charge in [-0.05, 0) is 38.6 Å². The van der Waals surface area contributed by atoms with Gasteiger partial charge in [-0.15, -0.1) is 0 Å². The van der Waals surface area contributed by atoms with Gasteiger partial charge in [0.1, 0.15) is 12.6 Å². The fourth-order valence-electron chi connectivity index (χ4n) is 4.85. The van der Waals surface area contributed by atoms with Gasteiger partial charge in [0.05, 0.1) is 0 Å². The molecule has 5 rings (SSSR count). The lowest BCUT2D eigenvalue weighted by molar-refractivity contribution is -0.139. The number of hydrogen-bond donors (Lipinski definition) is 2. The van der Waals surface area contributed by atoms with Gasteiger partial charge < -0.3 is 15.2 Å². The molecule has 0 saturated carbocycles. The van der Waals surface area contributed by atoms with E-state index in [4.69, 9.17) is 4.74 Å². The van der Waals surface area contributed by atoms with Crippen LogP contribution in [0.1, 0.15) is 35.4 Å². The monoisotopic (exact) mass is 451 g/mol. The lowest BCUT2D eigenvalue weighted by Gasteiger charge is -2.22. The molecule has 0 bridgehead atoms. The minimum Gasteiger partial charge on any atom is -0.480 e. The summed E-state index contributed by atoms with van der Waals surface area (Å²) < 4.78 is 5.56. The quantitative estimate of drug-likeness (QED) is 0.381. The number of rotatable bonds is 6. The number of fused-ring (bicyclic) bond motifs is 4. The van der Waals surface area contributed by atoms with E-state index in [2.05, 4.69) is 17.4 Å². The van der Waals surface area contributed by atoms with Crippen LogP contribution in [0.15, 0.2) is 91.0 Å². The lowest BCUT2D eigenvalue weighted by atomic mass is 9.91. The number of carbonyl (C=O) groups excluding carboxylic acids is 1. The Morgan fingerprint density at radius 3 is 2.09 bits per heavy atom. The van der Waals surface area contributed by atoms with Crippen molar-refractivity contribution < 1.29 is 19.4 Å². The summed E-state index contributed by atoms with van der Waals surface area (Å²) in [6.07, 6.45) is -0.734. The molecule has 0 aliphatic heterocycles. The molecule has 4 aromatic rings. The standard InChI is InChI=1S/C29H25NO4/c1-18(20-15-14-19-8-2-3-9-21(19)16-20)27(28(31)32)30-29(33)34-17-26-24-12-6-4-10-22(24)23-11-5-7-13-25(23)26/h2-16,18,26-27H,17H2,1H3,(H,30,33)(H,31,32)/t18-,27+/m0/s1. The number of aliphatic carboxylic acids is 1. The van der Waals surface area contributed by atoms with E-state index in [9.17, 15) is 14.7 Å². The van der Waals surface area contributed by atoms with Crippen molar-refractivity contribution in [1.82, 2.24) is 5.32 Å². The minimum absolute atomic E-state index is 0.0839. The van der Waals surface area contributed by atoms with Crippen LogP contribution in [0, 0.1) is 0 Å². The van der Waals surface area contributed by atoms with E-state index in [1.165, 1.54) is 0 Å². The second kappa shape index (κ2) is 9.02. The van der Waals surface area contributed by atoms with Gasteiger partial charge in [0, 0.05) is 11.8 Å². The Balaban J connectivity index is 1.30. The SMILES string of the molecule is C[C@@H](c1ccc2ccccc2c1)[C@@H](NC(=O)OCC1c2ccccc2-c2ccccc21)C(=O)O. The van der Waals surface area contributed by atoms with Crippen LogP contribution in [-0.2, 0) is 9.53 Å². The van der Waals surface area contributed by atoms with Gasteiger partial charge in [-0.25, -0.2) is 9.59 Å². The van der Waals surface area contributed by atoms with E-state index in [1.807, 2.05) is 78.9 Å². The maximum Gasteiger partial charge on any atom is 0.407 e. The van der Waals surface area contributed by atoms with Crippen molar-refractivity contribution in [2.24, 2.45) is 0 Å². The molecule has 170 valence electrons. The number of carboxylic acids is 1. The molecule has 0 unspecified atom stereocenters. The summed E-state index contributed by atoms with van der Waals surface area (Å²) in [5, 5.41) is 14.5. The van der Waals surface area contributed by atoms with E-state index in [0.29, 0.717) is 0 Å². The fraction of sp³-hybridized carbons (Fsp3) is 0.172. The third-order valence-electron chi connectivity index (χ3n) is 6.68. The van der Waals surface area contributed by atoms with E-state index >= 15 is 0 Å². The highest BCUT2D eigenvalue weighted by Crippen LogP contribution is 2.44. The number of alkyl carbamates (subject to hydrolysis) is 1. The van der Waals surface area contributed by atoms with Gasteiger partial charge in [-0.3, -0.25) is 0 Å². The molecule has 34 heavy (non-hydrogen) atoms. The van der Waals surface area contributed by atoms with Crippen molar-refractivity contribution in [2.45, 2.75) is 24.8 Å². The molecule has 1 aliphatic rings. The van der Waals surface area contributed by atoms with Crippen LogP contribution >= 0.6 is 0 Å². The van der Waals surface area contributed by atoms with Crippen LogP contribution in [0.25, 0.3) is 21.9 Å². The summed E-state index contributed by atoms with van der Waals surface area (Å²) in [5.41, 5.74) is 5.33. The van der Waals surface area contributed by atoms with Crippen molar-refractivity contribution in [3.63, 3.8) is 0 Å². The molecular formula is C29H25NO4. The van der Waals surface area contributed by atoms with Crippen molar-refractivity contribution >= 4 is 22.8 Å². The van der Waals surface area contributed by atoms with Crippen LogP contribution in [-0.4, -0.2) is 29.8 Å². The molecule has 5 nitrogen and oxygen atoms in total. The number of hydrogen-bond acceptors (Lipinski definition) is 3. The molecular weight excluding hydrogens is 426 g/mol. The Morgan fingerprint density at radius 2 is 1.44 bits per heavy atom. The third kappa shape index (κ3) is 4.01. The van der Waals surface area contributed by atoms with Gasteiger partial charge >= 0.3 is 12.1 Å². The molecule has 5 heteroatoms. The highest BCUT2D eigenvalue weighted by molar-refractivity contribution is 5.85. The summed E-state index contributed by atoms with van der Waals surface area (Å²) in [6.45, 7) is 1.93. The number of amides is 1. The van der Waals surface area contributed by atoms with Gasteiger partial charge in [0.25, 0.3) is 0 Å². The Hall–Kier alpha value is -4.12. The number of nitrogens with one attached hydrogen (secondary N) is 1. The predicted octanol–water partition coefficient (Wildman–Crippen LogP) is 5.94. The van der Waals surface area contributed by atoms with Crippen molar-refractivity contribution in [2.75, 3.05) is 6.61 Å². The van der Waals surface area contributed by atoms with Gasteiger partial charge in [-0.2, -0.15) is 0 Å². The highest BCUT2D eigenvalue weighted by Gasteiger charge is 2.31. The topological polar surface area (TPSA) is 75.6 Å². The first-order chi connectivity index (χ1) is 16.5. The van der Waals surface area contributed by atoms with Crippen molar-refractivity contribution in [3.05, 3.63) is 108 Å². The summed E-state index contributed by atoms with van der Waals surface area (Å²) in [7, 11) is 0. The molecule has 0 fully saturated rings. The van der Waals surface area contributed by atoms with Crippen molar-refractivity contribution in [1.29, 1.82) is 0 Å². The smallest absolute Gasteiger partial charge is 0.407 e. The first-order valence-corrected chi connectivity index (χ1v) is 11.4. The van der Waals surface area contributed by atoms with Crippen LogP contribution in [0.4, 0.5) is 4.79 Å². The molecule has 4 aromatic carbocycles. The molecule has 1 amide bonds. The zero-order valence-corrected chi connectivity index (χ0v) is 18.8. The Bertz CT molecular complexity index is 1330. The lowest BCUT2D eigenvalue weighted by Crippen LogP contribution is -2.44. The molecule has 0 saturated heterocycles. The number of ether oxygens (including phenoxy) is 1. The zero-order chi connectivity index (χ0) is 23.7. The number of carbonyl (C=O) groups is 2. The van der Waals surface area contributed by atoms with E-state index < -0.39 is 24.0 Å². The zero-order valence-electron chi connectivity index (χ0n) is 18.8. The van der Waals surface area contributed by atoms with E-state index in [0.717, 1.165) is 38.6 Å². The molecule has 1 aliphatic carbocycles. The number of benzene rings is 4. The molecule has 2 N–H and O–H groups in total. The van der Waals surface area contributed by atoms with E-state index in [1.54, 1.807) is 6.92 Å². The largest absolute Gasteiger partial charge is 0.480 e.